The Morgan fingerprint density at radius 1 is 0.738 bits per heavy atom. The highest BCUT2D eigenvalue weighted by Crippen LogP contribution is 2.31. The van der Waals surface area contributed by atoms with Gasteiger partial charge in [0.15, 0.2) is 0 Å². The number of rotatable bonds is 12. The molecule has 4 aromatic rings. The first-order valence-electron chi connectivity index (χ1n) is 20.6. The molecule has 1 unspecified atom stereocenters. The van der Waals surface area contributed by atoms with Crippen molar-refractivity contribution in [3.63, 3.8) is 0 Å². The number of ether oxygens (including phenoxy) is 5. The molecule has 318 valence electrons. The lowest BCUT2D eigenvalue weighted by Crippen LogP contribution is -2.54. The third kappa shape index (κ3) is 10.6. The largest absolute Gasteiger partial charge is 0.492 e. The van der Waals surface area contributed by atoms with Crippen molar-refractivity contribution in [1.29, 1.82) is 0 Å². The highest BCUT2D eigenvalue weighted by molar-refractivity contribution is 6.23. The average molecular weight is 832 g/mol. The van der Waals surface area contributed by atoms with Crippen molar-refractivity contribution in [3.8, 4) is 22.8 Å². The van der Waals surface area contributed by atoms with Crippen molar-refractivity contribution in [2.24, 2.45) is 0 Å². The molecule has 4 aliphatic rings. The van der Waals surface area contributed by atoms with Crippen molar-refractivity contribution in [3.05, 3.63) is 107 Å². The normalized spacial score (nSPS) is 19.3. The molecule has 1 aromatic heterocycles. The van der Waals surface area contributed by atoms with Crippen LogP contribution in [0.25, 0.3) is 11.3 Å². The van der Waals surface area contributed by atoms with Gasteiger partial charge in [0.05, 0.1) is 56.5 Å². The summed E-state index contributed by atoms with van der Waals surface area (Å²) in [6.07, 6.45) is 5.87. The molecule has 4 amide bonds. The number of aromatic nitrogens is 2. The lowest BCUT2D eigenvalue weighted by molar-refractivity contribution is -0.136. The van der Waals surface area contributed by atoms with Gasteiger partial charge >= 0.3 is 0 Å². The SMILES string of the molecule is O=C1CCC(N2C(=O)c3ccc(OCCOCCN4CCN(CCOc5ccc6cc5COC/C=C/COCc5cccc(c5)-c5ccnc(n5)N6)CC4)cc3C2=O)C(=O)N1. The number of nitrogens with zero attached hydrogens (tertiary/aromatic N) is 5. The molecule has 0 aliphatic carbocycles. The highest BCUT2D eigenvalue weighted by Gasteiger charge is 2.44. The van der Waals surface area contributed by atoms with E-state index in [1.807, 2.05) is 54.6 Å². The summed E-state index contributed by atoms with van der Waals surface area (Å²) in [5, 5.41) is 5.55. The Morgan fingerprint density at radius 3 is 2.34 bits per heavy atom. The monoisotopic (exact) mass is 831 g/mol. The number of benzene rings is 3. The van der Waals surface area contributed by atoms with Crippen LogP contribution in [0.15, 0.2) is 85.1 Å². The van der Waals surface area contributed by atoms with Crippen molar-refractivity contribution >= 4 is 35.3 Å². The molecular formula is C45H49N7O9. The Kier molecular flexibility index (Phi) is 13.7. The summed E-state index contributed by atoms with van der Waals surface area (Å²) in [5.74, 6) is -0.476. The fraction of sp³-hybridized carbons (Fsp3) is 0.378. The van der Waals surface area contributed by atoms with Crippen LogP contribution in [0.2, 0.25) is 0 Å². The minimum atomic E-state index is -1.01. The van der Waals surface area contributed by atoms with Gasteiger partial charge in [0.25, 0.3) is 11.8 Å². The maximum atomic E-state index is 13.1. The summed E-state index contributed by atoms with van der Waals surface area (Å²) in [4.78, 5) is 64.8. The summed E-state index contributed by atoms with van der Waals surface area (Å²) in [6.45, 7) is 8.80. The first-order valence-corrected chi connectivity index (χ1v) is 20.6. The number of amides is 4. The van der Waals surface area contributed by atoms with Crippen molar-refractivity contribution in [1.82, 2.24) is 30.0 Å². The van der Waals surface area contributed by atoms with Crippen molar-refractivity contribution in [2.75, 3.05) is 84.2 Å². The minimum absolute atomic E-state index is 0.0675. The first-order chi connectivity index (χ1) is 29.9. The number of imide groups is 2. The molecule has 61 heavy (non-hydrogen) atoms. The van der Waals surface area contributed by atoms with Gasteiger partial charge in [-0.05, 0) is 60.5 Å². The Bertz CT molecular complexity index is 2260. The Labute approximate surface area is 353 Å². The second kappa shape index (κ2) is 20.0. The fourth-order valence-corrected chi connectivity index (χ4v) is 7.63. The number of carbonyl (C=O) groups excluding carboxylic acids is 4. The third-order valence-corrected chi connectivity index (χ3v) is 10.9. The van der Waals surface area contributed by atoms with Gasteiger partial charge in [0, 0.05) is 68.7 Å². The van der Waals surface area contributed by atoms with E-state index >= 15 is 0 Å². The summed E-state index contributed by atoms with van der Waals surface area (Å²) in [6, 6.07) is 19.7. The number of fused-ring (bicyclic) bond motifs is 8. The number of piperazine rings is 1. The summed E-state index contributed by atoms with van der Waals surface area (Å²) >= 11 is 0. The lowest BCUT2D eigenvalue weighted by Gasteiger charge is -2.34. The van der Waals surface area contributed by atoms with Gasteiger partial charge in [-0.15, -0.1) is 0 Å². The van der Waals surface area contributed by atoms with Crippen LogP contribution in [0.5, 0.6) is 11.5 Å². The second-order valence-corrected chi connectivity index (χ2v) is 15.1. The third-order valence-electron chi connectivity index (χ3n) is 10.9. The smallest absolute Gasteiger partial charge is 0.262 e. The van der Waals surface area contributed by atoms with E-state index in [0.29, 0.717) is 57.9 Å². The molecule has 8 rings (SSSR count). The first kappa shape index (κ1) is 41.7. The Morgan fingerprint density at radius 2 is 1.52 bits per heavy atom. The van der Waals surface area contributed by atoms with E-state index in [9.17, 15) is 19.2 Å². The molecule has 0 saturated carbocycles. The van der Waals surface area contributed by atoms with E-state index in [1.54, 1.807) is 12.3 Å². The van der Waals surface area contributed by atoms with E-state index in [0.717, 1.165) is 78.0 Å². The van der Waals surface area contributed by atoms with Gasteiger partial charge < -0.3 is 29.0 Å². The van der Waals surface area contributed by atoms with Crippen LogP contribution in [0.3, 0.4) is 0 Å². The van der Waals surface area contributed by atoms with Crippen LogP contribution in [0, 0.1) is 0 Å². The predicted octanol–water partition coefficient (Wildman–Crippen LogP) is 3.98. The molecule has 2 saturated heterocycles. The fourth-order valence-electron chi connectivity index (χ4n) is 7.63. The molecule has 0 radical (unpaired) electrons. The molecule has 2 fully saturated rings. The summed E-state index contributed by atoms with van der Waals surface area (Å²) in [7, 11) is 0. The van der Waals surface area contributed by atoms with E-state index in [-0.39, 0.29) is 30.6 Å². The van der Waals surface area contributed by atoms with E-state index in [2.05, 4.69) is 31.5 Å². The highest BCUT2D eigenvalue weighted by atomic mass is 16.5. The van der Waals surface area contributed by atoms with Crippen molar-refractivity contribution in [2.45, 2.75) is 32.1 Å². The number of nitrogens with one attached hydrogen (secondary N) is 2. The molecule has 2 N–H and O–H groups in total. The number of carbonyl (C=O) groups is 4. The molecule has 16 nitrogen and oxygen atoms in total. The van der Waals surface area contributed by atoms with Crippen LogP contribution in [-0.4, -0.2) is 133 Å². The number of anilines is 2. The van der Waals surface area contributed by atoms with Gasteiger partial charge in [-0.3, -0.25) is 39.2 Å². The van der Waals surface area contributed by atoms with Crippen LogP contribution in [0.1, 0.15) is 44.7 Å². The van der Waals surface area contributed by atoms with Crippen LogP contribution in [-0.2, 0) is 37.0 Å². The predicted molar refractivity (Wildman–Crippen MR) is 223 cm³/mol. The molecule has 5 heterocycles. The zero-order valence-corrected chi connectivity index (χ0v) is 33.9. The van der Waals surface area contributed by atoms with Gasteiger partial charge in [0.1, 0.15) is 30.8 Å². The minimum Gasteiger partial charge on any atom is -0.492 e. The average Bonchev–Trinajstić information content (AvgIpc) is 3.51. The van der Waals surface area contributed by atoms with E-state index < -0.39 is 29.7 Å². The Balaban J connectivity index is 0.750. The number of hydrogen-bond donors (Lipinski definition) is 2. The van der Waals surface area contributed by atoms with Crippen molar-refractivity contribution < 1.29 is 42.9 Å². The van der Waals surface area contributed by atoms with E-state index in [1.165, 1.54) is 12.1 Å². The maximum Gasteiger partial charge on any atom is 0.262 e. The standard InChI is InChI=1S/C45H49N7O9/c53-41-11-9-39(42(54)49-41)52-43(55)36-8-7-35(28-37(36)44(52)56)60-25-24-57-22-18-50-14-16-51(17-15-50)19-23-61-40-10-6-34-27-33(40)30-59-21-2-1-20-58-29-31-4-3-5-32(26-31)38-12-13-46-45(47-34)48-38/h1-8,10,12-13,26-28,39H,9,11,14-25,29-30H2,(H,46,47,48)(H,49,53,54)/b2-1+. The van der Waals surface area contributed by atoms with Gasteiger partial charge in [0.2, 0.25) is 17.8 Å². The quantitative estimate of drug-likeness (QED) is 0.119. The van der Waals surface area contributed by atoms with Crippen LogP contribution < -0.4 is 20.1 Å². The number of piperidine rings is 1. The zero-order chi connectivity index (χ0) is 42.0. The van der Waals surface area contributed by atoms with Gasteiger partial charge in [-0.1, -0.05) is 30.4 Å². The van der Waals surface area contributed by atoms with Crippen LogP contribution >= 0.6 is 0 Å². The van der Waals surface area contributed by atoms with Gasteiger partial charge in [-0.2, -0.15) is 0 Å². The summed E-state index contributed by atoms with van der Waals surface area (Å²) in [5.41, 5.74) is 5.04. The topological polar surface area (TPSA) is 174 Å². The molecule has 16 heteroatoms. The maximum absolute atomic E-state index is 13.1. The molecule has 4 aliphatic heterocycles. The lowest BCUT2D eigenvalue weighted by atomic mass is 10.0. The molecule has 3 aromatic carbocycles. The van der Waals surface area contributed by atoms with Gasteiger partial charge in [-0.25, -0.2) is 9.97 Å². The zero-order valence-electron chi connectivity index (χ0n) is 33.9. The molecular weight excluding hydrogens is 783 g/mol. The molecule has 1 atom stereocenters. The summed E-state index contributed by atoms with van der Waals surface area (Å²) < 4.78 is 29.9. The number of hydrogen-bond acceptors (Lipinski definition) is 14. The van der Waals surface area contributed by atoms with E-state index in [4.69, 9.17) is 28.7 Å². The molecule has 0 spiro atoms. The second-order valence-electron chi connectivity index (χ2n) is 15.1. The molecule has 6 bridgehead atoms. The van der Waals surface area contributed by atoms with Crippen LogP contribution in [0.4, 0.5) is 11.6 Å². The Hall–Kier alpha value is -6.04.